The van der Waals surface area contributed by atoms with Gasteiger partial charge in [0.15, 0.2) is 0 Å². The van der Waals surface area contributed by atoms with Crippen LogP contribution in [0.25, 0.3) is 0 Å². The van der Waals surface area contributed by atoms with Crippen LogP contribution in [-0.2, 0) is 20.6 Å². The molecule has 2 rings (SSSR count). The van der Waals surface area contributed by atoms with Gasteiger partial charge in [0.2, 0.25) is 0 Å². The fourth-order valence-corrected chi connectivity index (χ4v) is 2.36. The molecule has 0 aliphatic rings. The molecule has 1 N–H and O–H groups in total. The van der Waals surface area contributed by atoms with E-state index in [0.717, 1.165) is 10.1 Å². The quantitative estimate of drug-likeness (QED) is 0.933. The molecule has 0 aliphatic heterocycles. The largest absolute Gasteiger partial charge is 0.330 e. The summed E-state index contributed by atoms with van der Waals surface area (Å²) < 4.78 is 2.52. The smallest absolute Gasteiger partial charge is 0.306 e. The molecule has 0 bridgehead atoms. The van der Waals surface area contributed by atoms with Crippen molar-refractivity contribution >= 4 is 11.6 Å². The van der Waals surface area contributed by atoms with Gasteiger partial charge >= 0.3 is 5.69 Å². The van der Waals surface area contributed by atoms with Crippen LogP contribution in [0.1, 0.15) is 24.1 Å². The van der Waals surface area contributed by atoms with E-state index in [9.17, 15) is 9.59 Å². The minimum atomic E-state index is -0.327. The van der Waals surface area contributed by atoms with E-state index in [-0.39, 0.29) is 17.3 Å². The molecule has 0 spiro atoms. The zero-order valence-electron chi connectivity index (χ0n) is 12.3. The van der Waals surface area contributed by atoms with E-state index in [1.807, 2.05) is 31.2 Å². The Kier molecular flexibility index (Phi) is 4.65. The van der Waals surface area contributed by atoms with Crippen molar-refractivity contribution in [3.8, 4) is 0 Å². The van der Waals surface area contributed by atoms with E-state index in [1.165, 1.54) is 11.6 Å². The average molecular weight is 308 g/mol. The van der Waals surface area contributed by atoms with Gasteiger partial charge in [0.05, 0.1) is 0 Å². The average Bonchev–Trinajstić information content (AvgIpc) is 2.47. The Morgan fingerprint density at radius 1 is 1.29 bits per heavy atom. The Balaban J connectivity index is 2.17. The van der Waals surface area contributed by atoms with Crippen molar-refractivity contribution in [3.05, 3.63) is 67.4 Å². The lowest BCUT2D eigenvalue weighted by Gasteiger charge is -2.15. The maximum Gasteiger partial charge on any atom is 0.330 e. The van der Waals surface area contributed by atoms with Crippen molar-refractivity contribution in [3.63, 3.8) is 0 Å². The fourth-order valence-electron chi connectivity index (χ4n) is 2.16. The van der Waals surface area contributed by atoms with Crippen molar-refractivity contribution < 1.29 is 0 Å². The summed E-state index contributed by atoms with van der Waals surface area (Å²) in [5.74, 6) is 0. The van der Waals surface area contributed by atoms with Crippen LogP contribution < -0.4 is 16.6 Å². The second-order valence-electron chi connectivity index (χ2n) is 5.07. The Labute approximate surface area is 127 Å². The highest BCUT2D eigenvalue weighted by Gasteiger charge is 2.09. The molecule has 1 aromatic heterocycles. The predicted octanol–water partition coefficient (Wildman–Crippen LogP) is 1.59. The van der Waals surface area contributed by atoms with Crippen LogP contribution in [0.3, 0.4) is 0 Å². The highest BCUT2D eigenvalue weighted by molar-refractivity contribution is 6.30. The number of aryl methyl sites for hydroxylation is 1. The van der Waals surface area contributed by atoms with Gasteiger partial charge in [0.1, 0.15) is 0 Å². The van der Waals surface area contributed by atoms with Crippen LogP contribution in [0.5, 0.6) is 0 Å². The van der Waals surface area contributed by atoms with Crippen LogP contribution in [0.4, 0.5) is 0 Å². The molecule has 1 heterocycles. The first-order valence-electron chi connectivity index (χ1n) is 6.64. The van der Waals surface area contributed by atoms with Gasteiger partial charge in [-0.25, -0.2) is 4.79 Å². The number of nitrogens with zero attached hydrogens (tertiary/aromatic N) is 2. The monoisotopic (exact) mass is 307 g/mol. The summed E-state index contributed by atoms with van der Waals surface area (Å²) in [4.78, 5) is 23.7. The number of hydrogen-bond acceptors (Lipinski definition) is 3. The van der Waals surface area contributed by atoms with Crippen molar-refractivity contribution in [1.29, 1.82) is 0 Å². The van der Waals surface area contributed by atoms with Gasteiger partial charge in [-0.1, -0.05) is 23.7 Å². The summed E-state index contributed by atoms with van der Waals surface area (Å²) in [6.45, 7) is 2.38. The van der Waals surface area contributed by atoms with Gasteiger partial charge in [0.25, 0.3) is 5.56 Å². The Morgan fingerprint density at radius 2 is 2.00 bits per heavy atom. The summed E-state index contributed by atoms with van der Waals surface area (Å²) in [5.41, 5.74) is 0.994. The Bertz CT molecular complexity index is 764. The van der Waals surface area contributed by atoms with Crippen LogP contribution in [-0.4, -0.2) is 9.13 Å². The third-order valence-electron chi connectivity index (χ3n) is 3.46. The van der Waals surface area contributed by atoms with Gasteiger partial charge < -0.3 is 9.88 Å². The molecule has 6 heteroatoms. The molecule has 1 aromatic carbocycles. The molecule has 0 radical (unpaired) electrons. The van der Waals surface area contributed by atoms with Crippen LogP contribution in [0.15, 0.2) is 40.1 Å². The lowest BCUT2D eigenvalue weighted by Crippen LogP contribution is -2.39. The van der Waals surface area contributed by atoms with Crippen molar-refractivity contribution in [1.82, 2.24) is 14.5 Å². The van der Waals surface area contributed by atoms with Crippen LogP contribution >= 0.6 is 11.6 Å². The van der Waals surface area contributed by atoms with E-state index in [1.54, 1.807) is 13.2 Å². The molecule has 112 valence electrons. The van der Waals surface area contributed by atoms with Crippen molar-refractivity contribution in [2.45, 2.75) is 19.5 Å². The standard InChI is InChI=1S/C15H18ClN3O2/c1-10(11-5-4-6-13(16)7-11)17-8-12-9-18(2)15(21)19(3)14(12)20/h4-7,9-10,17H,8H2,1-3H3/t10-/m0/s1. The fraction of sp³-hybridized carbons (Fsp3) is 0.333. The lowest BCUT2D eigenvalue weighted by molar-refractivity contribution is 0.559. The maximum atomic E-state index is 12.0. The highest BCUT2D eigenvalue weighted by Crippen LogP contribution is 2.17. The first-order chi connectivity index (χ1) is 9.90. The number of rotatable bonds is 4. The van der Waals surface area contributed by atoms with E-state index >= 15 is 0 Å². The van der Waals surface area contributed by atoms with Gasteiger partial charge in [-0.05, 0) is 24.6 Å². The number of nitrogens with one attached hydrogen (secondary N) is 1. The summed E-state index contributed by atoms with van der Waals surface area (Å²) in [5, 5.41) is 3.95. The number of aromatic nitrogens is 2. The third kappa shape index (κ3) is 3.43. The van der Waals surface area contributed by atoms with E-state index in [4.69, 9.17) is 11.6 Å². The molecule has 2 aromatic rings. The second kappa shape index (κ2) is 6.28. The van der Waals surface area contributed by atoms with Gasteiger partial charge in [-0.15, -0.1) is 0 Å². The van der Waals surface area contributed by atoms with Gasteiger partial charge in [-0.2, -0.15) is 0 Å². The van der Waals surface area contributed by atoms with E-state index < -0.39 is 0 Å². The minimum Gasteiger partial charge on any atom is -0.306 e. The summed E-state index contributed by atoms with van der Waals surface area (Å²) >= 11 is 5.97. The third-order valence-corrected chi connectivity index (χ3v) is 3.70. The van der Waals surface area contributed by atoms with Crippen molar-refractivity contribution in [2.24, 2.45) is 14.1 Å². The molecule has 0 unspecified atom stereocenters. The molecule has 1 atom stereocenters. The molecule has 0 saturated carbocycles. The molecule has 5 nitrogen and oxygen atoms in total. The zero-order chi connectivity index (χ0) is 15.6. The molecular formula is C15H18ClN3O2. The molecule has 0 fully saturated rings. The zero-order valence-corrected chi connectivity index (χ0v) is 13.0. The summed E-state index contributed by atoms with van der Waals surface area (Å²) in [6, 6.07) is 7.62. The summed E-state index contributed by atoms with van der Waals surface area (Å²) in [7, 11) is 3.11. The first kappa shape index (κ1) is 15.5. The van der Waals surface area contributed by atoms with Gasteiger partial charge in [-0.3, -0.25) is 9.36 Å². The van der Waals surface area contributed by atoms with Crippen LogP contribution in [0, 0.1) is 0 Å². The molecule has 21 heavy (non-hydrogen) atoms. The number of halogens is 1. The molecule has 0 amide bonds. The lowest BCUT2D eigenvalue weighted by atomic mass is 10.1. The maximum absolute atomic E-state index is 12.0. The number of benzene rings is 1. The van der Waals surface area contributed by atoms with E-state index in [2.05, 4.69) is 5.32 Å². The Hall–Kier alpha value is -1.85. The minimum absolute atomic E-state index is 0.0469. The molecule has 0 saturated heterocycles. The molecular weight excluding hydrogens is 290 g/mol. The topological polar surface area (TPSA) is 56.0 Å². The van der Waals surface area contributed by atoms with E-state index in [0.29, 0.717) is 17.1 Å². The first-order valence-corrected chi connectivity index (χ1v) is 7.02. The van der Waals surface area contributed by atoms with Crippen molar-refractivity contribution in [2.75, 3.05) is 0 Å². The van der Waals surface area contributed by atoms with Gasteiger partial charge in [0, 0.05) is 43.5 Å². The molecule has 0 aliphatic carbocycles. The van der Waals surface area contributed by atoms with Crippen LogP contribution in [0.2, 0.25) is 5.02 Å². The summed E-state index contributed by atoms with van der Waals surface area (Å²) in [6.07, 6.45) is 1.57. The second-order valence-corrected chi connectivity index (χ2v) is 5.51. The SMILES string of the molecule is C[C@H](NCc1cn(C)c(=O)n(C)c1=O)c1cccc(Cl)c1. The predicted molar refractivity (Wildman–Crippen MR) is 83.6 cm³/mol. The normalized spacial score (nSPS) is 12.4. The number of hydrogen-bond donors (Lipinski definition) is 1. The Morgan fingerprint density at radius 3 is 2.67 bits per heavy atom. The highest BCUT2D eigenvalue weighted by atomic mass is 35.5.